The first-order valence-electron chi connectivity index (χ1n) is 9.98. The van der Waals surface area contributed by atoms with E-state index in [0.29, 0.717) is 0 Å². The maximum atomic E-state index is 12.1. The van der Waals surface area contributed by atoms with Crippen molar-refractivity contribution >= 4 is 24.5 Å². The van der Waals surface area contributed by atoms with Crippen LogP contribution >= 0.6 is 0 Å². The SMILES string of the molecule is CC(C)C[C@@H](O)C(=O)N[C@@H](Cc1ccc(B2OC(C)(C)C(C)(C)O2)cc1)C(=O)O. The van der Waals surface area contributed by atoms with E-state index < -0.39 is 42.3 Å². The summed E-state index contributed by atoms with van der Waals surface area (Å²) in [6.07, 6.45) is -0.831. The molecule has 0 saturated carbocycles. The number of carboxylic acids is 1. The van der Waals surface area contributed by atoms with Crippen LogP contribution in [0.4, 0.5) is 0 Å². The molecule has 1 aromatic rings. The summed E-state index contributed by atoms with van der Waals surface area (Å²) < 4.78 is 12.0. The van der Waals surface area contributed by atoms with Crippen molar-refractivity contribution in [3.63, 3.8) is 0 Å². The highest BCUT2D eigenvalue weighted by molar-refractivity contribution is 6.62. The van der Waals surface area contributed by atoms with Gasteiger partial charge in [-0.25, -0.2) is 4.79 Å². The van der Waals surface area contributed by atoms with Crippen LogP contribution in [0.1, 0.15) is 53.5 Å². The predicted molar refractivity (Wildman–Crippen MR) is 111 cm³/mol. The van der Waals surface area contributed by atoms with Crippen LogP contribution < -0.4 is 10.8 Å². The fraction of sp³-hybridized carbons (Fsp3) is 0.619. The van der Waals surface area contributed by atoms with Gasteiger partial charge < -0.3 is 24.8 Å². The number of carbonyl (C=O) groups is 2. The van der Waals surface area contributed by atoms with Gasteiger partial charge in [-0.1, -0.05) is 38.1 Å². The Morgan fingerprint density at radius 1 is 1.07 bits per heavy atom. The number of hydrogen-bond donors (Lipinski definition) is 3. The zero-order valence-electron chi connectivity index (χ0n) is 18.1. The molecule has 1 aliphatic heterocycles. The number of aliphatic hydroxyl groups excluding tert-OH is 1. The molecule has 1 saturated heterocycles. The Kier molecular flexibility index (Phi) is 7.14. The average Bonchev–Trinajstić information content (AvgIpc) is 2.81. The summed E-state index contributed by atoms with van der Waals surface area (Å²) in [5.74, 6) is -1.69. The molecule has 0 unspecified atom stereocenters. The number of benzene rings is 1. The fourth-order valence-electron chi connectivity index (χ4n) is 3.05. The third kappa shape index (κ3) is 5.81. The number of nitrogens with one attached hydrogen (secondary N) is 1. The van der Waals surface area contributed by atoms with Crippen LogP contribution in [-0.2, 0) is 25.3 Å². The van der Waals surface area contributed by atoms with E-state index in [0.717, 1.165) is 11.0 Å². The van der Waals surface area contributed by atoms with E-state index in [1.807, 2.05) is 53.7 Å². The highest BCUT2D eigenvalue weighted by Gasteiger charge is 2.51. The van der Waals surface area contributed by atoms with Crippen molar-refractivity contribution < 1.29 is 29.1 Å². The predicted octanol–water partition coefficient (Wildman–Crippen LogP) is 1.50. The van der Waals surface area contributed by atoms with E-state index in [4.69, 9.17) is 9.31 Å². The van der Waals surface area contributed by atoms with Crippen molar-refractivity contribution in [2.24, 2.45) is 5.92 Å². The van der Waals surface area contributed by atoms with Crippen LogP contribution in [0.5, 0.6) is 0 Å². The lowest BCUT2D eigenvalue weighted by molar-refractivity contribution is -0.143. The lowest BCUT2D eigenvalue weighted by atomic mass is 9.78. The van der Waals surface area contributed by atoms with Crippen LogP contribution in [-0.4, -0.2) is 52.6 Å². The molecule has 7 nitrogen and oxygen atoms in total. The number of carbonyl (C=O) groups excluding carboxylic acids is 1. The van der Waals surface area contributed by atoms with Gasteiger partial charge in [0.05, 0.1) is 11.2 Å². The first-order valence-corrected chi connectivity index (χ1v) is 9.98. The zero-order chi connectivity index (χ0) is 22.0. The summed E-state index contributed by atoms with van der Waals surface area (Å²) in [4.78, 5) is 23.6. The number of aliphatic carboxylic acids is 1. The first-order chi connectivity index (χ1) is 13.3. The maximum absolute atomic E-state index is 12.1. The normalized spacial score (nSPS) is 19.8. The molecule has 29 heavy (non-hydrogen) atoms. The number of aliphatic hydroxyl groups is 1. The topological polar surface area (TPSA) is 105 Å². The van der Waals surface area contributed by atoms with Gasteiger partial charge in [0.15, 0.2) is 0 Å². The van der Waals surface area contributed by atoms with Crippen molar-refractivity contribution in [1.82, 2.24) is 5.32 Å². The van der Waals surface area contributed by atoms with Crippen molar-refractivity contribution in [2.75, 3.05) is 0 Å². The monoisotopic (exact) mass is 405 g/mol. The molecule has 3 N–H and O–H groups in total. The van der Waals surface area contributed by atoms with Gasteiger partial charge in [-0.05, 0) is 51.1 Å². The minimum absolute atomic E-state index is 0.110. The molecule has 1 heterocycles. The molecule has 0 spiro atoms. The van der Waals surface area contributed by atoms with Crippen molar-refractivity contribution in [3.8, 4) is 0 Å². The average molecular weight is 405 g/mol. The molecule has 0 radical (unpaired) electrons. The van der Waals surface area contributed by atoms with Gasteiger partial charge in [0, 0.05) is 6.42 Å². The molecule has 0 bridgehead atoms. The van der Waals surface area contributed by atoms with Gasteiger partial charge in [-0.2, -0.15) is 0 Å². The summed E-state index contributed by atoms with van der Waals surface area (Å²) in [5.41, 5.74) is 0.713. The fourth-order valence-corrected chi connectivity index (χ4v) is 3.05. The van der Waals surface area contributed by atoms with Crippen molar-refractivity contribution in [3.05, 3.63) is 29.8 Å². The van der Waals surface area contributed by atoms with Gasteiger partial charge in [0.2, 0.25) is 5.91 Å². The standard InChI is InChI=1S/C21H32BNO6/c1-13(2)11-17(24)18(25)23-16(19(26)27)12-14-7-9-15(10-8-14)22-28-20(3,4)21(5,6)29-22/h7-10,13,16-17,24H,11-12H2,1-6H3,(H,23,25)(H,26,27)/t16-,17+/m0/s1. The Balaban J connectivity index is 2.03. The second-order valence-corrected chi connectivity index (χ2v) is 9.08. The van der Waals surface area contributed by atoms with Crippen LogP contribution in [0.15, 0.2) is 24.3 Å². The van der Waals surface area contributed by atoms with Crippen molar-refractivity contribution in [2.45, 2.75) is 77.7 Å². The minimum atomic E-state index is -1.22. The Morgan fingerprint density at radius 3 is 2.03 bits per heavy atom. The van der Waals surface area contributed by atoms with Crippen LogP contribution in [0.25, 0.3) is 0 Å². The molecule has 1 aromatic carbocycles. The molecule has 2 atom stereocenters. The van der Waals surface area contributed by atoms with Crippen LogP contribution in [0.3, 0.4) is 0 Å². The number of rotatable bonds is 8. The van der Waals surface area contributed by atoms with Crippen LogP contribution in [0, 0.1) is 5.92 Å². The molecule has 1 fully saturated rings. The van der Waals surface area contributed by atoms with E-state index >= 15 is 0 Å². The van der Waals surface area contributed by atoms with E-state index in [-0.39, 0.29) is 18.8 Å². The van der Waals surface area contributed by atoms with Gasteiger partial charge in [0.1, 0.15) is 12.1 Å². The van der Waals surface area contributed by atoms with E-state index in [1.165, 1.54) is 0 Å². The van der Waals surface area contributed by atoms with E-state index in [1.54, 1.807) is 12.1 Å². The van der Waals surface area contributed by atoms with Gasteiger partial charge >= 0.3 is 13.1 Å². The molecule has 0 aromatic heterocycles. The Labute approximate surface area is 172 Å². The number of carboxylic acid groups (broad SMARTS) is 1. The quantitative estimate of drug-likeness (QED) is 0.567. The lowest BCUT2D eigenvalue weighted by Gasteiger charge is -2.32. The molecule has 160 valence electrons. The van der Waals surface area contributed by atoms with Crippen LogP contribution in [0.2, 0.25) is 0 Å². The number of hydrogen-bond acceptors (Lipinski definition) is 5. The minimum Gasteiger partial charge on any atom is -0.480 e. The summed E-state index contributed by atoms with van der Waals surface area (Å²) in [7, 11) is -0.491. The molecule has 8 heteroatoms. The summed E-state index contributed by atoms with van der Waals surface area (Å²) in [6.45, 7) is 11.7. The first kappa shape index (κ1) is 23.4. The zero-order valence-corrected chi connectivity index (χ0v) is 18.1. The van der Waals surface area contributed by atoms with Gasteiger partial charge in [-0.15, -0.1) is 0 Å². The summed E-state index contributed by atoms with van der Waals surface area (Å²) in [6, 6.07) is 6.16. The highest BCUT2D eigenvalue weighted by atomic mass is 16.7. The van der Waals surface area contributed by atoms with E-state index in [2.05, 4.69) is 5.32 Å². The molecular weight excluding hydrogens is 373 g/mol. The molecule has 2 rings (SSSR count). The highest BCUT2D eigenvalue weighted by Crippen LogP contribution is 2.36. The second kappa shape index (κ2) is 8.85. The third-order valence-electron chi connectivity index (χ3n) is 5.56. The second-order valence-electron chi connectivity index (χ2n) is 9.08. The summed E-state index contributed by atoms with van der Waals surface area (Å²) in [5, 5.41) is 21.8. The smallest absolute Gasteiger partial charge is 0.480 e. The molecular formula is C21H32BNO6. The molecule has 1 amide bonds. The van der Waals surface area contributed by atoms with E-state index in [9.17, 15) is 19.8 Å². The summed E-state index contributed by atoms with van der Waals surface area (Å²) >= 11 is 0. The molecule has 0 aliphatic carbocycles. The molecule has 1 aliphatic rings. The van der Waals surface area contributed by atoms with Crippen molar-refractivity contribution in [1.29, 1.82) is 0 Å². The Morgan fingerprint density at radius 2 is 1.59 bits per heavy atom. The van der Waals surface area contributed by atoms with Gasteiger partial charge in [-0.3, -0.25) is 4.79 Å². The number of amides is 1. The Bertz CT molecular complexity index is 715. The van der Waals surface area contributed by atoms with Gasteiger partial charge in [0.25, 0.3) is 0 Å². The Hall–Kier alpha value is -1.90. The third-order valence-corrected chi connectivity index (χ3v) is 5.56. The maximum Gasteiger partial charge on any atom is 0.494 e. The largest absolute Gasteiger partial charge is 0.494 e. The lowest BCUT2D eigenvalue weighted by Crippen LogP contribution is -2.47.